The van der Waals surface area contributed by atoms with Gasteiger partial charge in [-0.2, -0.15) is 0 Å². The van der Waals surface area contributed by atoms with Crippen LogP contribution in [0.3, 0.4) is 0 Å². The lowest BCUT2D eigenvalue weighted by molar-refractivity contribution is -0.110. The molecule has 0 heterocycles. The van der Waals surface area contributed by atoms with Gasteiger partial charge < -0.3 is 9.47 Å². The number of rotatable bonds is 6. The summed E-state index contributed by atoms with van der Waals surface area (Å²) in [6.45, 7) is 0. The molecular weight excluding hydrogens is 276 g/mol. The van der Waals surface area contributed by atoms with Crippen LogP contribution >= 0.6 is 0 Å². The standard InChI is InChI=1S/C19H18O3/c1-21-18-11-5-15(6-12-18)3-9-17(20)10-4-16-7-13-19(22-2)14-8-16/h3-14H,1-2H3/b9-3-,10-4-. The Morgan fingerprint density at radius 2 is 1.09 bits per heavy atom. The number of ketones is 1. The molecule has 0 aliphatic rings. The van der Waals surface area contributed by atoms with Gasteiger partial charge in [0, 0.05) is 0 Å². The second-order valence-electron chi connectivity index (χ2n) is 4.62. The SMILES string of the molecule is COc1ccc(/C=C\C(=O)/C=C\c2ccc(OC)cc2)cc1. The summed E-state index contributed by atoms with van der Waals surface area (Å²) in [5.41, 5.74) is 1.90. The first-order valence-corrected chi connectivity index (χ1v) is 6.89. The van der Waals surface area contributed by atoms with E-state index in [2.05, 4.69) is 0 Å². The molecular formula is C19H18O3. The van der Waals surface area contributed by atoms with Crippen molar-refractivity contribution in [2.24, 2.45) is 0 Å². The molecule has 0 radical (unpaired) electrons. The van der Waals surface area contributed by atoms with Crippen LogP contribution in [0.4, 0.5) is 0 Å². The van der Waals surface area contributed by atoms with Gasteiger partial charge >= 0.3 is 0 Å². The molecule has 0 aromatic heterocycles. The van der Waals surface area contributed by atoms with E-state index in [1.165, 1.54) is 0 Å². The van der Waals surface area contributed by atoms with Crippen molar-refractivity contribution < 1.29 is 14.3 Å². The van der Waals surface area contributed by atoms with Crippen molar-refractivity contribution in [3.8, 4) is 11.5 Å². The first-order valence-electron chi connectivity index (χ1n) is 6.89. The summed E-state index contributed by atoms with van der Waals surface area (Å²) in [4.78, 5) is 11.8. The summed E-state index contributed by atoms with van der Waals surface area (Å²) in [7, 11) is 3.25. The fourth-order valence-corrected chi connectivity index (χ4v) is 1.84. The van der Waals surface area contributed by atoms with Gasteiger partial charge in [-0.25, -0.2) is 0 Å². The molecule has 0 atom stereocenters. The maximum atomic E-state index is 11.8. The molecule has 0 spiro atoms. The van der Waals surface area contributed by atoms with Crippen LogP contribution < -0.4 is 9.47 Å². The molecule has 0 bridgehead atoms. The van der Waals surface area contributed by atoms with E-state index >= 15 is 0 Å². The molecule has 0 aliphatic carbocycles. The summed E-state index contributed by atoms with van der Waals surface area (Å²) in [5, 5.41) is 0. The van der Waals surface area contributed by atoms with Crippen molar-refractivity contribution in [3.63, 3.8) is 0 Å². The van der Waals surface area contributed by atoms with Gasteiger partial charge in [0.25, 0.3) is 0 Å². The highest BCUT2D eigenvalue weighted by molar-refractivity contribution is 6.04. The molecule has 3 heteroatoms. The van der Waals surface area contributed by atoms with Gasteiger partial charge in [0.2, 0.25) is 0 Å². The van der Waals surface area contributed by atoms with E-state index in [1.54, 1.807) is 38.5 Å². The van der Waals surface area contributed by atoms with E-state index in [0.29, 0.717) is 0 Å². The smallest absolute Gasteiger partial charge is 0.178 e. The van der Waals surface area contributed by atoms with Crippen LogP contribution in [0.2, 0.25) is 0 Å². The minimum Gasteiger partial charge on any atom is -0.497 e. The number of carbonyl (C=O) groups is 1. The van der Waals surface area contributed by atoms with Crippen LogP contribution in [-0.2, 0) is 4.79 Å². The minimum absolute atomic E-state index is 0.0633. The molecule has 0 aliphatic heterocycles. The Bertz CT molecular complexity index is 605. The highest BCUT2D eigenvalue weighted by Gasteiger charge is 1.94. The molecule has 112 valence electrons. The quantitative estimate of drug-likeness (QED) is 0.755. The average Bonchev–Trinajstić information content (AvgIpc) is 2.59. The molecule has 3 nitrogen and oxygen atoms in total. The summed E-state index contributed by atoms with van der Waals surface area (Å²) in [5.74, 6) is 1.53. The number of allylic oxidation sites excluding steroid dienone is 2. The molecule has 2 aromatic carbocycles. The number of hydrogen-bond donors (Lipinski definition) is 0. The molecule has 2 rings (SSSR count). The van der Waals surface area contributed by atoms with Gasteiger partial charge in [-0.3, -0.25) is 4.79 Å². The number of methoxy groups -OCH3 is 2. The Hall–Kier alpha value is -2.81. The average molecular weight is 294 g/mol. The molecule has 2 aromatic rings. The number of carbonyl (C=O) groups excluding carboxylic acids is 1. The summed E-state index contributed by atoms with van der Waals surface area (Å²) in [6.07, 6.45) is 6.64. The second kappa shape index (κ2) is 7.84. The van der Waals surface area contributed by atoms with E-state index in [1.807, 2.05) is 48.5 Å². The molecule has 22 heavy (non-hydrogen) atoms. The number of ether oxygens (including phenoxy) is 2. The highest BCUT2D eigenvalue weighted by Crippen LogP contribution is 2.13. The fourth-order valence-electron chi connectivity index (χ4n) is 1.84. The number of hydrogen-bond acceptors (Lipinski definition) is 3. The van der Waals surface area contributed by atoms with E-state index in [-0.39, 0.29) is 5.78 Å². The lowest BCUT2D eigenvalue weighted by atomic mass is 10.1. The van der Waals surface area contributed by atoms with Crippen molar-refractivity contribution in [2.75, 3.05) is 14.2 Å². The molecule has 0 N–H and O–H groups in total. The van der Waals surface area contributed by atoms with Gasteiger partial charge in [-0.1, -0.05) is 36.4 Å². The van der Waals surface area contributed by atoms with Crippen molar-refractivity contribution in [3.05, 3.63) is 71.8 Å². The Kier molecular flexibility index (Phi) is 5.55. The van der Waals surface area contributed by atoms with Crippen LogP contribution in [-0.4, -0.2) is 20.0 Å². The zero-order valence-electron chi connectivity index (χ0n) is 12.7. The predicted molar refractivity (Wildman–Crippen MR) is 89.1 cm³/mol. The first kappa shape index (κ1) is 15.6. The molecule has 0 saturated carbocycles. The Labute approximate surface area is 130 Å². The highest BCUT2D eigenvalue weighted by atomic mass is 16.5. The van der Waals surface area contributed by atoms with E-state index in [9.17, 15) is 4.79 Å². The first-order chi connectivity index (χ1) is 10.7. The third kappa shape index (κ3) is 4.63. The maximum absolute atomic E-state index is 11.8. The summed E-state index contributed by atoms with van der Waals surface area (Å²) < 4.78 is 10.2. The third-order valence-electron chi connectivity index (χ3n) is 3.11. The topological polar surface area (TPSA) is 35.5 Å². The molecule has 0 amide bonds. The summed E-state index contributed by atoms with van der Waals surface area (Å²) in [6, 6.07) is 15.0. The van der Waals surface area contributed by atoms with Crippen LogP contribution in [0.25, 0.3) is 12.2 Å². The normalized spacial score (nSPS) is 11.0. The predicted octanol–water partition coefficient (Wildman–Crippen LogP) is 4.00. The van der Waals surface area contributed by atoms with Gasteiger partial charge in [-0.05, 0) is 47.5 Å². The van der Waals surface area contributed by atoms with Crippen LogP contribution in [0.15, 0.2) is 60.7 Å². The molecule has 0 saturated heterocycles. The van der Waals surface area contributed by atoms with Crippen LogP contribution in [0.5, 0.6) is 11.5 Å². The van der Waals surface area contributed by atoms with Gasteiger partial charge in [0.05, 0.1) is 14.2 Å². The lowest BCUT2D eigenvalue weighted by Gasteiger charge is -1.99. The van der Waals surface area contributed by atoms with E-state index in [0.717, 1.165) is 22.6 Å². The van der Waals surface area contributed by atoms with Gasteiger partial charge in [0.15, 0.2) is 5.78 Å². The lowest BCUT2D eigenvalue weighted by Crippen LogP contribution is -1.86. The zero-order valence-corrected chi connectivity index (χ0v) is 12.7. The Balaban J connectivity index is 1.95. The van der Waals surface area contributed by atoms with E-state index in [4.69, 9.17) is 9.47 Å². The van der Waals surface area contributed by atoms with E-state index < -0.39 is 0 Å². The summed E-state index contributed by atoms with van der Waals surface area (Å²) >= 11 is 0. The zero-order chi connectivity index (χ0) is 15.8. The Morgan fingerprint density at radius 3 is 1.41 bits per heavy atom. The van der Waals surface area contributed by atoms with Gasteiger partial charge in [0.1, 0.15) is 11.5 Å². The monoisotopic (exact) mass is 294 g/mol. The molecule has 0 fully saturated rings. The minimum atomic E-state index is -0.0633. The molecule has 0 unspecified atom stereocenters. The third-order valence-corrected chi connectivity index (χ3v) is 3.11. The maximum Gasteiger partial charge on any atom is 0.178 e. The van der Waals surface area contributed by atoms with Crippen molar-refractivity contribution in [1.82, 2.24) is 0 Å². The largest absolute Gasteiger partial charge is 0.497 e. The van der Waals surface area contributed by atoms with Gasteiger partial charge in [-0.15, -0.1) is 0 Å². The van der Waals surface area contributed by atoms with Crippen molar-refractivity contribution in [1.29, 1.82) is 0 Å². The number of benzene rings is 2. The fraction of sp³-hybridized carbons (Fsp3) is 0.105. The van der Waals surface area contributed by atoms with Crippen LogP contribution in [0, 0.1) is 0 Å². The van der Waals surface area contributed by atoms with Crippen molar-refractivity contribution >= 4 is 17.9 Å². The van der Waals surface area contributed by atoms with Crippen LogP contribution in [0.1, 0.15) is 11.1 Å². The second-order valence-corrected chi connectivity index (χ2v) is 4.62. The Morgan fingerprint density at radius 1 is 0.727 bits per heavy atom. The van der Waals surface area contributed by atoms with Crippen molar-refractivity contribution in [2.45, 2.75) is 0 Å².